The van der Waals surface area contributed by atoms with Gasteiger partial charge in [-0.1, -0.05) is 54.1 Å². The molecule has 3 aromatic carbocycles. The zero-order chi connectivity index (χ0) is 30.6. The standard InChI is InChI=1S/C35H35ClFN5O2/c1-23(43)42(20-25-6-2-4-8-32(25)36)21-28(16-26-18-38-33-9-5-3-7-29(26)33)40-35(44)22-41-14-12-24(13-15-41)31-19-39-34-11-10-27(37)17-30(31)34/h2-12,17-19,28,38-39H,13-16,20-22H2,1H3,(H,40,44). The summed E-state index contributed by atoms with van der Waals surface area (Å²) in [6.45, 7) is 3.80. The molecule has 44 heavy (non-hydrogen) atoms. The second-order valence-corrected chi connectivity index (χ2v) is 11.8. The number of hydrogen-bond acceptors (Lipinski definition) is 3. The normalized spacial score (nSPS) is 14.5. The Bertz CT molecular complexity index is 1840. The van der Waals surface area contributed by atoms with Gasteiger partial charge in [0.1, 0.15) is 5.82 Å². The molecule has 3 N–H and O–H groups in total. The van der Waals surface area contributed by atoms with Crippen molar-refractivity contribution in [3.8, 4) is 0 Å². The lowest BCUT2D eigenvalue weighted by atomic mass is 9.99. The van der Waals surface area contributed by atoms with E-state index in [1.54, 1.807) is 24.0 Å². The molecule has 3 heterocycles. The van der Waals surface area contributed by atoms with E-state index in [4.69, 9.17) is 11.6 Å². The Hall–Kier alpha value is -4.40. The number of halogens is 2. The van der Waals surface area contributed by atoms with Crippen molar-refractivity contribution in [3.63, 3.8) is 0 Å². The fraction of sp³-hybridized carbons (Fsp3) is 0.257. The number of hydrogen-bond donors (Lipinski definition) is 3. The lowest BCUT2D eigenvalue weighted by Gasteiger charge is -2.30. The third-order valence-corrected chi connectivity index (χ3v) is 8.73. The summed E-state index contributed by atoms with van der Waals surface area (Å²) in [6, 6.07) is 20.0. The highest BCUT2D eigenvalue weighted by Gasteiger charge is 2.23. The van der Waals surface area contributed by atoms with E-state index in [0.29, 0.717) is 37.6 Å². The van der Waals surface area contributed by atoms with Crippen LogP contribution in [0, 0.1) is 5.82 Å². The number of benzene rings is 3. The number of H-pyrrole nitrogens is 2. The Morgan fingerprint density at radius 2 is 1.77 bits per heavy atom. The smallest absolute Gasteiger partial charge is 0.234 e. The summed E-state index contributed by atoms with van der Waals surface area (Å²) >= 11 is 6.42. The minimum Gasteiger partial charge on any atom is -0.361 e. The van der Waals surface area contributed by atoms with E-state index in [0.717, 1.165) is 50.5 Å². The van der Waals surface area contributed by atoms with Gasteiger partial charge in [0.05, 0.1) is 12.6 Å². The molecular formula is C35H35ClFN5O2. The van der Waals surface area contributed by atoms with Crippen molar-refractivity contribution in [3.05, 3.63) is 113 Å². The van der Waals surface area contributed by atoms with Gasteiger partial charge in [0.25, 0.3) is 0 Å². The van der Waals surface area contributed by atoms with Gasteiger partial charge >= 0.3 is 0 Å². The topological polar surface area (TPSA) is 84.2 Å². The molecule has 2 aromatic heterocycles. The van der Waals surface area contributed by atoms with Crippen LogP contribution in [-0.4, -0.2) is 63.8 Å². The quantitative estimate of drug-likeness (QED) is 0.173. The molecule has 0 fully saturated rings. The van der Waals surface area contributed by atoms with Gasteiger partial charge in [-0.2, -0.15) is 0 Å². The number of aromatic nitrogens is 2. The maximum atomic E-state index is 13.9. The lowest BCUT2D eigenvalue weighted by molar-refractivity contribution is -0.131. The van der Waals surface area contributed by atoms with E-state index in [1.165, 1.54) is 6.07 Å². The molecule has 2 amide bonds. The molecule has 6 rings (SSSR count). The maximum Gasteiger partial charge on any atom is 0.234 e. The number of carbonyl (C=O) groups excluding carboxylic acids is 2. The summed E-state index contributed by atoms with van der Waals surface area (Å²) in [4.78, 5) is 36.6. The first-order chi connectivity index (χ1) is 21.3. The van der Waals surface area contributed by atoms with Crippen LogP contribution in [0.3, 0.4) is 0 Å². The summed E-state index contributed by atoms with van der Waals surface area (Å²) < 4.78 is 13.9. The van der Waals surface area contributed by atoms with E-state index in [1.807, 2.05) is 54.9 Å². The molecule has 9 heteroatoms. The monoisotopic (exact) mass is 611 g/mol. The van der Waals surface area contributed by atoms with Gasteiger partial charge < -0.3 is 20.2 Å². The van der Waals surface area contributed by atoms with Gasteiger partial charge in [0.2, 0.25) is 11.8 Å². The van der Waals surface area contributed by atoms with Crippen LogP contribution in [-0.2, 0) is 22.6 Å². The van der Waals surface area contributed by atoms with Crippen LogP contribution in [0.5, 0.6) is 0 Å². The molecule has 1 aliphatic rings. The number of amides is 2. The lowest BCUT2D eigenvalue weighted by Crippen LogP contribution is -2.49. The highest BCUT2D eigenvalue weighted by molar-refractivity contribution is 6.31. The maximum absolute atomic E-state index is 13.9. The molecule has 0 aliphatic carbocycles. The van der Waals surface area contributed by atoms with Gasteiger partial charge in [0, 0.05) is 77.9 Å². The summed E-state index contributed by atoms with van der Waals surface area (Å²) in [5, 5.41) is 5.80. The molecular weight excluding hydrogens is 577 g/mol. The van der Waals surface area contributed by atoms with Crippen molar-refractivity contribution in [2.24, 2.45) is 0 Å². The van der Waals surface area contributed by atoms with Crippen LogP contribution in [0.25, 0.3) is 27.4 Å². The molecule has 7 nitrogen and oxygen atoms in total. The number of carbonyl (C=O) groups is 2. The Labute approximate surface area is 260 Å². The average molecular weight is 612 g/mol. The summed E-state index contributed by atoms with van der Waals surface area (Å²) in [7, 11) is 0. The highest BCUT2D eigenvalue weighted by Crippen LogP contribution is 2.30. The summed E-state index contributed by atoms with van der Waals surface area (Å²) in [5.41, 5.74) is 6.02. The van der Waals surface area contributed by atoms with E-state index in [2.05, 4.69) is 32.3 Å². The Morgan fingerprint density at radius 1 is 1.00 bits per heavy atom. The zero-order valence-electron chi connectivity index (χ0n) is 24.6. The minimum absolute atomic E-state index is 0.0889. The molecule has 0 bridgehead atoms. The molecule has 0 spiro atoms. The number of aromatic amines is 2. The Kier molecular flexibility index (Phi) is 8.82. The van der Waals surface area contributed by atoms with Crippen LogP contribution >= 0.6 is 11.6 Å². The van der Waals surface area contributed by atoms with Gasteiger partial charge in [-0.05, 0) is 59.9 Å². The predicted molar refractivity (Wildman–Crippen MR) is 174 cm³/mol. The molecule has 0 saturated carbocycles. The average Bonchev–Trinajstić information content (AvgIpc) is 3.62. The zero-order valence-corrected chi connectivity index (χ0v) is 25.3. The van der Waals surface area contributed by atoms with Crippen LogP contribution in [0.4, 0.5) is 4.39 Å². The van der Waals surface area contributed by atoms with Gasteiger partial charge in [-0.15, -0.1) is 0 Å². The fourth-order valence-electron chi connectivity index (χ4n) is 6.06. The SMILES string of the molecule is CC(=O)N(Cc1ccccc1Cl)CC(Cc1c[nH]c2ccccc12)NC(=O)CN1CC=C(c2c[nH]c3ccc(F)cc23)CC1. The third-order valence-electron chi connectivity index (χ3n) is 8.36. The summed E-state index contributed by atoms with van der Waals surface area (Å²) in [6.07, 6.45) is 7.34. The van der Waals surface area contributed by atoms with Crippen LogP contribution in [0.2, 0.25) is 5.02 Å². The molecule has 0 saturated heterocycles. The number of nitrogens with one attached hydrogen (secondary N) is 3. The van der Waals surface area contributed by atoms with E-state index in [-0.39, 0.29) is 30.2 Å². The first-order valence-corrected chi connectivity index (χ1v) is 15.2. The molecule has 1 aliphatic heterocycles. The highest BCUT2D eigenvalue weighted by atomic mass is 35.5. The number of para-hydroxylation sites is 1. The predicted octanol–water partition coefficient (Wildman–Crippen LogP) is 6.31. The van der Waals surface area contributed by atoms with Crippen molar-refractivity contribution in [1.82, 2.24) is 25.1 Å². The second-order valence-electron chi connectivity index (χ2n) is 11.4. The summed E-state index contributed by atoms with van der Waals surface area (Å²) in [5.74, 6) is -0.443. The van der Waals surface area contributed by atoms with Crippen LogP contribution in [0.15, 0.2) is 85.2 Å². The van der Waals surface area contributed by atoms with E-state index >= 15 is 0 Å². The molecule has 1 unspecified atom stereocenters. The van der Waals surface area contributed by atoms with Gasteiger partial charge in [0.15, 0.2) is 0 Å². The van der Waals surface area contributed by atoms with Crippen molar-refractivity contribution in [2.75, 3.05) is 26.2 Å². The molecule has 5 aromatic rings. The molecule has 1 atom stereocenters. The molecule has 0 radical (unpaired) electrons. The number of nitrogens with zero attached hydrogens (tertiary/aromatic N) is 2. The van der Waals surface area contributed by atoms with Crippen molar-refractivity contribution in [1.29, 1.82) is 0 Å². The Morgan fingerprint density at radius 3 is 2.57 bits per heavy atom. The van der Waals surface area contributed by atoms with E-state index in [9.17, 15) is 14.0 Å². The minimum atomic E-state index is -0.315. The molecule has 226 valence electrons. The van der Waals surface area contributed by atoms with Crippen LogP contribution in [0.1, 0.15) is 30.0 Å². The third kappa shape index (κ3) is 6.72. The number of fused-ring (bicyclic) bond motifs is 2. The van der Waals surface area contributed by atoms with Crippen molar-refractivity contribution >= 4 is 50.8 Å². The fourth-order valence-corrected chi connectivity index (χ4v) is 6.26. The first kappa shape index (κ1) is 29.7. The number of rotatable bonds is 10. The van der Waals surface area contributed by atoms with Crippen LogP contribution < -0.4 is 5.32 Å². The second kappa shape index (κ2) is 13.1. The Balaban J connectivity index is 1.16. The van der Waals surface area contributed by atoms with Gasteiger partial charge in [-0.25, -0.2) is 4.39 Å². The largest absolute Gasteiger partial charge is 0.361 e. The van der Waals surface area contributed by atoms with Gasteiger partial charge in [-0.3, -0.25) is 14.5 Å². The van der Waals surface area contributed by atoms with Crippen molar-refractivity contribution < 1.29 is 14.0 Å². The first-order valence-electron chi connectivity index (χ1n) is 14.9. The van der Waals surface area contributed by atoms with E-state index < -0.39 is 0 Å². The van der Waals surface area contributed by atoms with Crippen molar-refractivity contribution in [2.45, 2.75) is 32.4 Å².